The Balaban J connectivity index is 2.26. The van der Waals surface area contributed by atoms with Gasteiger partial charge in [0.25, 0.3) is 0 Å². The van der Waals surface area contributed by atoms with Gasteiger partial charge in [0.1, 0.15) is 5.82 Å². The minimum absolute atomic E-state index is 0.133. The van der Waals surface area contributed by atoms with Gasteiger partial charge in [-0.2, -0.15) is 0 Å². The van der Waals surface area contributed by atoms with Gasteiger partial charge in [-0.05, 0) is 18.1 Å². The van der Waals surface area contributed by atoms with Gasteiger partial charge in [0.05, 0.1) is 5.25 Å². The Kier molecular flexibility index (Phi) is 2.10. The number of sulfone groups is 1. The van der Waals surface area contributed by atoms with E-state index in [2.05, 4.69) is 0 Å². The van der Waals surface area contributed by atoms with Crippen LogP contribution < -0.4 is 0 Å². The quantitative estimate of drug-likeness (QED) is 0.751. The van der Waals surface area contributed by atoms with Crippen molar-refractivity contribution in [3.05, 3.63) is 35.6 Å². The van der Waals surface area contributed by atoms with Crippen LogP contribution in [-0.2, 0) is 9.84 Å². The maximum absolute atomic E-state index is 13.2. The predicted molar refractivity (Wildman–Crippen MR) is 52.4 cm³/mol. The van der Waals surface area contributed by atoms with Crippen LogP contribution >= 0.6 is 0 Å². The normalized spacial score (nSPS) is 26.1. The molecule has 1 saturated carbocycles. The average Bonchev–Trinajstić information content (AvgIpc) is 2.83. The lowest BCUT2D eigenvalue weighted by atomic mass is 10.1. The van der Waals surface area contributed by atoms with Crippen LogP contribution in [0.3, 0.4) is 0 Å². The molecule has 0 amide bonds. The number of rotatable bonds is 2. The van der Waals surface area contributed by atoms with Crippen LogP contribution in [0.1, 0.15) is 17.9 Å². The van der Waals surface area contributed by atoms with Crippen LogP contribution in [-0.4, -0.2) is 19.9 Å². The smallest absolute Gasteiger partial charge is 0.150 e. The highest BCUT2D eigenvalue weighted by Crippen LogP contribution is 2.46. The molecule has 0 aliphatic heterocycles. The summed E-state index contributed by atoms with van der Waals surface area (Å²) in [5.41, 5.74) is 0.530. The maximum Gasteiger partial charge on any atom is 0.150 e. The molecule has 1 aliphatic carbocycles. The van der Waals surface area contributed by atoms with E-state index in [4.69, 9.17) is 0 Å². The summed E-state index contributed by atoms with van der Waals surface area (Å²) in [7, 11) is -3.01. The Morgan fingerprint density at radius 3 is 2.50 bits per heavy atom. The molecule has 0 saturated heterocycles. The second kappa shape index (κ2) is 3.05. The van der Waals surface area contributed by atoms with Crippen molar-refractivity contribution in [2.75, 3.05) is 6.26 Å². The van der Waals surface area contributed by atoms with Gasteiger partial charge in [0, 0.05) is 12.2 Å². The molecule has 4 heteroatoms. The summed E-state index contributed by atoms with van der Waals surface area (Å²) in [6.07, 6.45) is 1.76. The Morgan fingerprint density at radius 2 is 2.00 bits per heavy atom. The first kappa shape index (κ1) is 9.65. The molecule has 1 fully saturated rings. The molecule has 0 radical (unpaired) electrons. The molecule has 0 N–H and O–H groups in total. The largest absolute Gasteiger partial charge is 0.229 e. The fourth-order valence-corrected chi connectivity index (χ4v) is 3.05. The van der Waals surface area contributed by atoms with Gasteiger partial charge in [-0.25, -0.2) is 12.8 Å². The van der Waals surface area contributed by atoms with Crippen molar-refractivity contribution in [2.45, 2.75) is 17.6 Å². The molecule has 14 heavy (non-hydrogen) atoms. The summed E-state index contributed by atoms with van der Waals surface area (Å²) in [6, 6.07) is 6.37. The summed E-state index contributed by atoms with van der Waals surface area (Å²) >= 11 is 0. The first-order chi connectivity index (χ1) is 6.50. The predicted octanol–water partition coefficient (Wildman–Crippen LogP) is 1.73. The highest BCUT2D eigenvalue weighted by molar-refractivity contribution is 7.91. The molecule has 0 aromatic heterocycles. The minimum atomic E-state index is -3.01. The van der Waals surface area contributed by atoms with E-state index in [0.717, 1.165) is 0 Å². The van der Waals surface area contributed by atoms with Gasteiger partial charge in [0.15, 0.2) is 9.84 Å². The summed E-state index contributed by atoms with van der Waals surface area (Å²) < 4.78 is 35.6. The average molecular weight is 214 g/mol. The Labute approximate surface area is 82.7 Å². The fourth-order valence-electron chi connectivity index (χ4n) is 1.75. The summed E-state index contributed by atoms with van der Waals surface area (Å²) in [4.78, 5) is 0. The molecule has 2 nitrogen and oxygen atoms in total. The van der Waals surface area contributed by atoms with E-state index in [1.54, 1.807) is 18.2 Å². The molecule has 1 aliphatic rings. The molecule has 76 valence electrons. The zero-order valence-electron chi connectivity index (χ0n) is 7.77. The van der Waals surface area contributed by atoms with Crippen molar-refractivity contribution in [1.82, 2.24) is 0 Å². The number of halogens is 1. The van der Waals surface area contributed by atoms with Gasteiger partial charge in [-0.15, -0.1) is 0 Å². The zero-order valence-corrected chi connectivity index (χ0v) is 8.59. The lowest BCUT2D eigenvalue weighted by molar-refractivity contribution is 0.597. The molecule has 1 aromatic carbocycles. The number of hydrogen-bond acceptors (Lipinski definition) is 2. The van der Waals surface area contributed by atoms with Crippen LogP contribution in [0.15, 0.2) is 24.3 Å². The maximum atomic E-state index is 13.2. The second-order valence-electron chi connectivity index (χ2n) is 3.73. The van der Waals surface area contributed by atoms with Gasteiger partial charge < -0.3 is 0 Å². The molecular formula is C10H11FO2S. The SMILES string of the molecule is CS(=O)(=O)C1CC1c1ccccc1F. The first-order valence-corrected chi connectivity index (χ1v) is 6.39. The number of benzene rings is 1. The third kappa shape index (κ3) is 1.66. The van der Waals surface area contributed by atoms with Crippen LogP contribution in [0.2, 0.25) is 0 Å². The van der Waals surface area contributed by atoms with Crippen molar-refractivity contribution in [3.63, 3.8) is 0 Å². The van der Waals surface area contributed by atoms with E-state index < -0.39 is 9.84 Å². The van der Waals surface area contributed by atoms with Crippen molar-refractivity contribution < 1.29 is 12.8 Å². The topological polar surface area (TPSA) is 34.1 Å². The summed E-state index contributed by atoms with van der Waals surface area (Å²) in [5, 5.41) is -0.376. The summed E-state index contributed by atoms with van der Waals surface area (Å²) in [6.45, 7) is 0. The zero-order chi connectivity index (χ0) is 10.3. The molecule has 0 heterocycles. The van der Waals surface area contributed by atoms with Crippen LogP contribution in [0.5, 0.6) is 0 Å². The lowest BCUT2D eigenvalue weighted by Crippen LogP contribution is -2.05. The van der Waals surface area contributed by atoms with Gasteiger partial charge in [-0.3, -0.25) is 0 Å². The fraction of sp³-hybridized carbons (Fsp3) is 0.400. The van der Waals surface area contributed by atoms with Crippen molar-refractivity contribution in [3.8, 4) is 0 Å². The summed E-state index contributed by atoms with van der Waals surface area (Å²) in [5.74, 6) is -0.435. The Bertz CT molecular complexity index is 453. The van der Waals surface area contributed by atoms with Gasteiger partial charge in [0.2, 0.25) is 0 Å². The highest BCUT2D eigenvalue weighted by Gasteiger charge is 2.46. The standard InChI is InChI=1S/C10H11FO2S/c1-14(12,13)10-6-8(10)7-4-2-3-5-9(7)11/h2-5,8,10H,6H2,1H3. The molecule has 0 spiro atoms. The van der Waals surface area contributed by atoms with Crippen LogP contribution in [0, 0.1) is 5.82 Å². The Hall–Kier alpha value is -0.900. The van der Waals surface area contributed by atoms with E-state index in [-0.39, 0.29) is 17.0 Å². The third-order valence-corrected chi connectivity index (χ3v) is 4.21. The van der Waals surface area contributed by atoms with E-state index in [1.165, 1.54) is 12.3 Å². The van der Waals surface area contributed by atoms with E-state index in [9.17, 15) is 12.8 Å². The molecule has 2 rings (SSSR count). The molecule has 0 bridgehead atoms. The molecule has 2 atom stereocenters. The van der Waals surface area contributed by atoms with Gasteiger partial charge in [-0.1, -0.05) is 18.2 Å². The lowest BCUT2D eigenvalue weighted by Gasteiger charge is -2.00. The monoisotopic (exact) mass is 214 g/mol. The van der Waals surface area contributed by atoms with E-state index >= 15 is 0 Å². The highest BCUT2D eigenvalue weighted by atomic mass is 32.2. The van der Waals surface area contributed by atoms with Crippen molar-refractivity contribution >= 4 is 9.84 Å². The van der Waals surface area contributed by atoms with Crippen LogP contribution in [0.4, 0.5) is 4.39 Å². The molecule has 1 aromatic rings. The number of hydrogen-bond donors (Lipinski definition) is 0. The second-order valence-corrected chi connectivity index (χ2v) is 6.00. The minimum Gasteiger partial charge on any atom is -0.229 e. The van der Waals surface area contributed by atoms with E-state index in [0.29, 0.717) is 12.0 Å². The third-order valence-electron chi connectivity index (χ3n) is 2.59. The van der Waals surface area contributed by atoms with E-state index in [1.807, 2.05) is 0 Å². The van der Waals surface area contributed by atoms with Gasteiger partial charge >= 0.3 is 0 Å². The molecule has 2 unspecified atom stereocenters. The van der Waals surface area contributed by atoms with Crippen molar-refractivity contribution in [2.24, 2.45) is 0 Å². The Morgan fingerprint density at radius 1 is 1.36 bits per heavy atom. The van der Waals surface area contributed by atoms with Crippen molar-refractivity contribution in [1.29, 1.82) is 0 Å². The first-order valence-electron chi connectivity index (χ1n) is 4.43. The van der Waals surface area contributed by atoms with Crippen LogP contribution in [0.25, 0.3) is 0 Å². The molecular weight excluding hydrogens is 203 g/mol.